The topological polar surface area (TPSA) is 13.0 Å². The first kappa shape index (κ1) is 69.2. The van der Waals surface area contributed by atoms with Crippen LogP contribution in [0.4, 0.5) is 0 Å². The number of halogens is 2. The van der Waals surface area contributed by atoms with Gasteiger partial charge in [-0.3, -0.25) is 19.6 Å². The minimum absolute atomic E-state index is 0.748. The van der Waals surface area contributed by atoms with Crippen molar-refractivity contribution in [3.8, 4) is 0 Å². The van der Waals surface area contributed by atoms with Crippen molar-refractivity contribution in [3.63, 3.8) is 0 Å². The zero-order valence-corrected chi connectivity index (χ0v) is 64.3. The minimum Gasteiger partial charge on any atom is -0.294 e. The predicted octanol–water partition coefficient (Wildman–Crippen LogP) is 24.4. The van der Waals surface area contributed by atoms with Crippen LogP contribution in [0.5, 0.6) is 0 Å². The summed E-state index contributed by atoms with van der Waals surface area (Å²) in [5.41, 5.74) is 0. The van der Waals surface area contributed by atoms with Crippen LogP contribution in [0.15, 0.2) is 0 Å². The van der Waals surface area contributed by atoms with Crippen molar-refractivity contribution in [3.05, 3.63) is 0 Å². The van der Waals surface area contributed by atoms with Crippen molar-refractivity contribution in [2.75, 3.05) is 0 Å². The highest BCUT2D eigenvalue weighted by Crippen LogP contribution is 2.65. The van der Waals surface area contributed by atoms with E-state index in [2.05, 4.69) is 51.5 Å². The van der Waals surface area contributed by atoms with Gasteiger partial charge in [0.05, 0.1) is 0 Å². The van der Waals surface area contributed by atoms with Crippen LogP contribution >= 0.6 is 31.9 Å². The van der Waals surface area contributed by atoms with Crippen LogP contribution < -0.4 is 0 Å². The van der Waals surface area contributed by atoms with Gasteiger partial charge in [0.2, 0.25) is 0 Å². The highest BCUT2D eigenvalue weighted by Gasteiger charge is 2.65. The lowest BCUT2D eigenvalue weighted by Gasteiger charge is -2.69. The Bertz CT molecular complexity index is 1990. The summed E-state index contributed by atoms with van der Waals surface area (Å²) in [4.78, 5) is 16.1. The molecule has 0 aromatic rings. The number of rotatable bonds is 16. The van der Waals surface area contributed by atoms with Gasteiger partial charge in [0.15, 0.2) is 0 Å². The van der Waals surface area contributed by atoms with E-state index in [1.807, 2.05) is 0 Å². The molecule has 0 bridgehead atoms. The van der Waals surface area contributed by atoms with Crippen LogP contribution in [0.2, 0.25) is 0 Å². The van der Waals surface area contributed by atoms with Gasteiger partial charge in [-0.05, 0) is 301 Å². The minimum atomic E-state index is 0.748. The van der Waals surface area contributed by atoms with Gasteiger partial charge in [-0.1, -0.05) is 199 Å². The maximum Gasteiger partial charge on any atom is 0.0147 e. The predicted molar refractivity (Wildman–Crippen MR) is 404 cm³/mol. The molecule has 16 aliphatic rings. The normalized spacial score (nSPS) is 45.3. The quantitative estimate of drug-likeness (QED) is 0.143. The fourth-order valence-electron chi connectivity index (χ4n) is 30.4. The van der Waals surface area contributed by atoms with E-state index in [0.717, 1.165) is 165 Å². The van der Waals surface area contributed by atoms with Gasteiger partial charge in [-0.15, -0.1) is 0 Å². The summed E-state index contributed by atoms with van der Waals surface area (Å²) in [5, 5.41) is 0. The van der Waals surface area contributed by atoms with Crippen LogP contribution in [-0.2, 0) is 0 Å². The monoisotopic (exact) mass is 1420 g/mol. The highest BCUT2D eigenvalue weighted by atomic mass is 79.9. The second-order valence-electron chi connectivity index (χ2n) is 38.8. The molecule has 16 saturated carbocycles. The maximum atomic E-state index is 4.31. The lowest BCUT2D eigenvalue weighted by molar-refractivity contribution is -0.196. The fraction of sp³-hybridized carbons (Fsp3) is 1.00. The molecule has 0 aliphatic heterocycles. The Balaban J connectivity index is 0.806. The molecule has 16 aliphatic carbocycles. The van der Waals surface area contributed by atoms with Crippen molar-refractivity contribution in [2.45, 2.75) is 467 Å². The largest absolute Gasteiger partial charge is 0.294 e. The van der Waals surface area contributed by atoms with Crippen molar-refractivity contribution in [1.29, 1.82) is 0 Å². The third-order valence-corrected chi connectivity index (χ3v) is 36.4. The zero-order chi connectivity index (χ0) is 62.9. The van der Waals surface area contributed by atoms with Crippen molar-refractivity contribution in [2.24, 2.45) is 82.9 Å². The fourth-order valence-corrected chi connectivity index (χ4v) is 31.4. The summed E-state index contributed by atoms with van der Waals surface area (Å²) in [6.45, 7) is 0. The molecule has 16 fully saturated rings. The molecule has 10 unspecified atom stereocenters. The molecule has 0 N–H and O–H groups in total. The van der Waals surface area contributed by atoms with Gasteiger partial charge >= 0.3 is 0 Å². The van der Waals surface area contributed by atoms with Crippen molar-refractivity contribution in [1.82, 2.24) is 19.6 Å². The molecule has 0 radical (unpaired) electrons. The summed E-state index contributed by atoms with van der Waals surface area (Å²) >= 11 is 8.61. The summed E-state index contributed by atoms with van der Waals surface area (Å²) in [5.74, 6) is 13.9. The molecule has 6 heteroatoms. The molecule has 94 heavy (non-hydrogen) atoms. The van der Waals surface area contributed by atoms with Crippen LogP contribution in [0.25, 0.3) is 0 Å². The molecule has 0 saturated heterocycles. The lowest BCUT2D eigenvalue weighted by Crippen LogP contribution is -2.72. The third kappa shape index (κ3) is 15.2. The first-order valence-electron chi connectivity index (χ1n) is 44.8. The Labute approximate surface area is 597 Å². The van der Waals surface area contributed by atoms with Crippen LogP contribution in [-0.4, -0.2) is 102 Å². The smallest absolute Gasteiger partial charge is 0.0147 e. The van der Waals surface area contributed by atoms with Gasteiger partial charge in [0, 0.05) is 82.2 Å². The Morgan fingerprint density at radius 1 is 0.160 bits per heavy atom. The van der Waals surface area contributed by atoms with E-state index >= 15 is 0 Å². The van der Waals surface area contributed by atoms with Crippen molar-refractivity contribution >= 4 is 31.9 Å². The first-order chi connectivity index (χ1) is 46.5. The highest BCUT2D eigenvalue weighted by molar-refractivity contribution is 9.09. The molecule has 10 atom stereocenters. The molecule has 4 nitrogen and oxygen atoms in total. The second kappa shape index (κ2) is 32.9. The van der Waals surface area contributed by atoms with E-state index < -0.39 is 0 Å². The van der Waals surface area contributed by atoms with E-state index in [-0.39, 0.29) is 0 Å². The zero-order valence-electron chi connectivity index (χ0n) is 61.1. The van der Waals surface area contributed by atoms with Crippen LogP contribution in [0.1, 0.15) is 385 Å². The standard InChI is InChI=1S/C88H148Br2N4/c89-69-39-51-77(52-40-69)91(71-27-15-5-16-28-71)83-59-85(93(73-43-31-65(32-44-73)61-19-7-1-8-20-61)74-45-33-66(34-46-74)62-21-9-2-10-22-62)81-57-55-80-84(92(72-29-17-6-18-30-72)78-53-41-70(90)42-54-78)60-86(82-58-56-79(83)87(81)88(80)82)94(75-47-35-67(36-48-75)63-23-11-3-12-24-63)76-49-37-68(38-50-76)64-25-13-4-14-26-64/h61-88H,1-60H2. The SMILES string of the molecule is BrC1CCC(N(C2CCCCC2)C2CC(N(C3CCC(C4CCCCC4)CC3)C3CCC(C4CCCCC4)CC3)C3CCC4C5C(CCC2C35)C(N(C2CCC(C3CCCCC3)CC2)C2CCC(C3CCCCC3)CC2)CC4N(C2CCCCC2)C2CCC(Br)CC2)CC1. The van der Waals surface area contributed by atoms with E-state index in [0.29, 0.717) is 0 Å². The third-order valence-electron chi connectivity index (χ3n) is 34.6. The number of alkyl halides is 2. The average Bonchev–Trinajstić information content (AvgIpc) is 0.702. The average molecular weight is 1420 g/mol. The van der Waals surface area contributed by atoms with Crippen LogP contribution in [0, 0.1) is 82.9 Å². The summed E-state index contributed by atoms with van der Waals surface area (Å²) in [7, 11) is 0. The first-order valence-corrected chi connectivity index (χ1v) is 46.7. The lowest BCUT2D eigenvalue weighted by atomic mass is 9.44. The van der Waals surface area contributed by atoms with E-state index in [9.17, 15) is 0 Å². The Morgan fingerprint density at radius 3 is 0.543 bits per heavy atom. The Kier molecular flexibility index (Phi) is 24.2. The maximum absolute atomic E-state index is 4.31. The molecule has 534 valence electrons. The van der Waals surface area contributed by atoms with Gasteiger partial charge in [-0.25, -0.2) is 0 Å². The number of hydrogen-bond acceptors (Lipinski definition) is 4. The molecular weight excluding hydrogens is 1270 g/mol. The second-order valence-corrected chi connectivity index (χ2v) is 41.3. The van der Waals surface area contributed by atoms with Gasteiger partial charge in [0.1, 0.15) is 0 Å². The molecule has 0 aromatic carbocycles. The van der Waals surface area contributed by atoms with E-state index in [1.165, 1.54) is 193 Å². The molecule has 0 spiro atoms. The Morgan fingerprint density at radius 2 is 0.330 bits per heavy atom. The Hall–Kier alpha value is 0.800. The van der Waals surface area contributed by atoms with Gasteiger partial charge in [-0.2, -0.15) is 0 Å². The molecule has 16 rings (SSSR count). The van der Waals surface area contributed by atoms with Crippen LogP contribution in [0.3, 0.4) is 0 Å². The molecule has 0 aromatic heterocycles. The molecule has 0 amide bonds. The molecular formula is C88H148Br2N4. The number of nitrogens with zero attached hydrogens (tertiary/aromatic N) is 4. The van der Waals surface area contributed by atoms with E-state index in [1.54, 1.807) is 193 Å². The van der Waals surface area contributed by atoms with Gasteiger partial charge < -0.3 is 0 Å². The number of hydrogen-bond donors (Lipinski definition) is 0. The summed E-state index contributed by atoms with van der Waals surface area (Å²) < 4.78 is 0. The van der Waals surface area contributed by atoms with Crippen molar-refractivity contribution < 1.29 is 0 Å². The van der Waals surface area contributed by atoms with Gasteiger partial charge in [0.25, 0.3) is 0 Å². The van der Waals surface area contributed by atoms with E-state index in [4.69, 9.17) is 0 Å². The molecule has 0 heterocycles. The summed E-state index contributed by atoms with van der Waals surface area (Å²) in [6.07, 6.45) is 92.2. The summed E-state index contributed by atoms with van der Waals surface area (Å²) in [6, 6.07) is 10.0.